The molecule has 0 aliphatic heterocycles. The lowest BCUT2D eigenvalue weighted by molar-refractivity contribution is 1.18. The van der Waals surface area contributed by atoms with Crippen molar-refractivity contribution >= 4 is 71.4 Å². The quantitative estimate of drug-likeness (QED) is 0.157. The van der Waals surface area contributed by atoms with Crippen LogP contribution >= 0.6 is 0 Å². The van der Waals surface area contributed by atoms with Crippen LogP contribution in [0.1, 0.15) is 0 Å². The number of nitrogens with zero attached hydrogens (tertiary/aromatic N) is 3. The molecule has 61 heavy (non-hydrogen) atoms. The van der Waals surface area contributed by atoms with Crippen molar-refractivity contribution in [2.75, 3.05) is 4.90 Å². The molecule has 0 saturated carbocycles. The van der Waals surface area contributed by atoms with Crippen molar-refractivity contribution in [2.45, 2.75) is 0 Å². The van der Waals surface area contributed by atoms with Gasteiger partial charge in [-0.25, -0.2) is 0 Å². The van der Waals surface area contributed by atoms with Crippen LogP contribution in [0.2, 0.25) is 0 Å². The zero-order valence-electron chi connectivity index (χ0n) is 33.4. The molecule has 10 aromatic carbocycles. The molecule has 0 spiro atoms. The third kappa shape index (κ3) is 5.90. The summed E-state index contributed by atoms with van der Waals surface area (Å²) in [7, 11) is 0. The molecule has 0 N–H and O–H groups in total. The summed E-state index contributed by atoms with van der Waals surface area (Å²) < 4.78 is 4.79. The smallest absolute Gasteiger partial charge is 0.0561 e. The Labute approximate surface area is 354 Å². The van der Waals surface area contributed by atoms with Gasteiger partial charge >= 0.3 is 0 Å². The zero-order valence-corrected chi connectivity index (χ0v) is 33.4. The van der Waals surface area contributed by atoms with E-state index >= 15 is 0 Å². The standard InChI is InChI=1S/C58H39N3/c1-3-13-40(14-4-1)41-23-29-47(30-24-41)59(50-35-36-53-51-19-9-11-21-55(51)60(58(53)39-50)46-17-5-2-6-18-46)48-31-25-42(26-32-48)43-27-33-49(34-28-43)61-56-22-12-10-20-52(56)54-37-44-15-7-8-16-45(44)38-57(54)61/h1-39H. The Bertz CT molecular complexity index is 3540. The van der Waals surface area contributed by atoms with Crippen LogP contribution in [-0.4, -0.2) is 9.13 Å². The summed E-state index contributed by atoms with van der Waals surface area (Å²) in [5, 5.41) is 7.52. The Balaban J connectivity index is 0.948. The average molecular weight is 778 g/mol. The molecule has 0 aliphatic rings. The summed E-state index contributed by atoms with van der Waals surface area (Å²) in [6.45, 7) is 0. The molecule has 12 aromatic rings. The second-order valence-corrected chi connectivity index (χ2v) is 15.8. The number of rotatable bonds is 7. The summed E-state index contributed by atoms with van der Waals surface area (Å²) in [6.07, 6.45) is 0. The van der Waals surface area contributed by atoms with E-state index in [1.54, 1.807) is 0 Å². The van der Waals surface area contributed by atoms with Crippen LogP contribution in [0.15, 0.2) is 237 Å². The lowest BCUT2D eigenvalue weighted by atomic mass is 10.0. The maximum atomic E-state index is 2.40. The fraction of sp³-hybridized carbons (Fsp3) is 0. The van der Waals surface area contributed by atoms with Gasteiger partial charge < -0.3 is 14.0 Å². The fourth-order valence-corrected chi connectivity index (χ4v) is 9.37. The summed E-state index contributed by atoms with van der Waals surface area (Å²) >= 11 is 0. The van der Waals surface area contributed by atoms with E-state index in [0.29, 0.717) is 0 Å². The van der Waals surface area contributed by atoms with E-state index in [9.17, 15) is 0 Å². The Morgan fingerprint density at radius 3 is 1.26 bits per heavy atom. The van der Waals surface area contributed by atoms with Crippen molar-refractivity contribution in [2.24, 2.45) is 0 Å². The van der Waals surface area contributed by atoms with E-state index in [1.807, 2.05) is 0 Å². The topological polar surface area (TPSA) is 13.1 Å². The van der Waals surface area contributed by atoms with Crippen LogP contribution in [0.3, 0.4) is 0 Å². The Morgan fingerprint density at radius 1 is 0.246 bits per heavy atom. The van der Waals surface area contributed by atoms with E-state index in [2.05, 4.69) is 251 Å². The highest BCUT2D eigenvalue weighted by Gasteiger charge is 2.19. The molecule has 0 radical (unpaired) electrons. The highest BCUT2D eigenvalue weighted by atomic mass is 15.1. The second kappa shape index (κ2) is 14.3. The number of hydrogen-bond acceptors (Lipinski definition) is 1. The van der Waals surface area contributed by atoms with Crippen LogP contribution in [0, 0.1) is 0 Å². The Hall–Kier alpha value is -8.14. The van der Waals surface area contributed by atoms with Gasteiger partial charge in [-0.05, 0) is 118 Å². The van der Waals surface area contributed by atoms with Gasteiger partial charge in [-0.3, -0.25) is 0 Å². The Kier molecular flexibility index (Phi) is 8.17. The number of para-hydroxylation sites is 3. The zero-order chi connectivity index (χ0) is 40.3. The van der Waals surface area contributed by atoms with Gasteiger partial charge in [0.1, 0.15) is 0 Å². The first kappa shape index (κ1) is 34.9. The van der Waals surface area contributed by atoms with Crippen molar-refractivity contribution < 1.29 is 0 Å². The average Bonchev–Trinajstić information content (AvgIpc) is 3.84. The molecule has 0 atom stereocenters. The molecule has 3 heteroatoms. The first-order chi connectivity index (χ1) is 30.2. The lowest BCUT2D eigenvalue weighted by Crippen LogP contribution is -2.10. The first-order valence-corrected chi connectivity index (χ1v) is 20.9. The van der Waals surface area contributed by atoms with Gasteiger partial charge in [0.25, 0.3) is 0 Å². The minimum atomic E-state index is 1.09. The molecule has 286 valence electrons. The minimum Gasteiger partial charge on any atom is -0.310 e. The van der Waals surface area contributed by atoms with Gasteiger partial charge in [0.05, 0.1) is 22.1 Å². The number of anilines is 3. The summed E-state index contributed by atoms with van der Waals surface area (Å²) in [5.74, 6) is 0. The van der Waals surface area contributed by atoms with Crippen LogP contribution in [-0.2, 0) is 0 Å². The van der Waals surface area contributed by atoms with E-state index in [1.165, 1.54) is 76.6 Å². The minimum absolute atomic E-state index is 1.09. The predicted octanol–water partition coefficient (Wildman–Crippen LogP) is 15.8. The first-order valence-electron chi connectivity index (χ1n) is 20.9. The molecular formula is C58H39N3. The van der Waals surface area contributed by atoms with E-state index in [0.717, 1.165) is 28.4 Å². The normalized spacial score (nSPS) is 11.6. The molecule has 0 fully saturated rings. The van der Waals surface area contributed by atoms with Crippen LogP contribution in [0.4, 0.5) is 17.1 Å². The van der Waals surface area contributed by atoms with Crippen molar-refractivity contribution in [1.82, 2.24) is 9.13 Å². The van der Waals surface area contributed by atoms with Gasteiger partial charge in [0, 0.05) is 50.0 Å². The fourth-order valence-electron chi connectivity index (χ4n) is 9.37. The number of aromatic nitrogens is 2. The highest BCUT2D eigenvalue weighted by Crippen LogP contribution is 2.41. The third-order valence-corrected chi connectivity index (χ3v) is 12.3. The largest absolute Gasteiger partial charge is 0.310 e. The van der Waals surface area contributed by atoms with E-state index in [-0.39, 0.29) is 0 Å². The molecule has 0 unspecified atom stereocenters. The highest BCUT2D eigenvalue weighted by molar-refractivity contribution is 6.14. The van der Waals surface area contributed by atoms with E-state index in [4.69, 9.17) is 0 Å². The van der Waals surface area contributed by atoms with E-state index < -0.39 is 0 Å². The number of hydrogen-bond donors (Lipinski definition) is 0. The monoisotopic (exact) mass is 777 g/mol. The predicted molar refractivity (Wildman–Crippen MR) is 258 cm³/mol. The molecule has 0 aliphatic carbocycles. The van der Waals surface area contributed by atoms with Crippen LogP contribution in [0.5, 0.6) is 0 Å². The molecule has 2 aromatic heterocycles. The van der Waals surface area contributed by atoms with Gasteiger partial charge in [0.15, 0.2) is 0 Å². The Morgan fingerprint density at radius 2 is 0.656 bits per heavy atom. The summed E-state index contributed by atoms with van der Waals surface area (Å²) in [4.78, 5) is 2.38. The molecule has 0 amide bonds. The molecule has 12 rings (SSSR count). The maximum Gasteiger partial charge on any atom is 0.0561 e. The number of fused-ring (bicyclic) bond motifs is 7. The van der Waals surface area contributed by atoms with Crippen LogP contribution in [0.25, 0.3) is 88.0 Å². The maximum absolute atomic E-state index is 2.40. The molecule has 3 nitrogen and oxygen atoms in total. The van der Waals surface area contributed by atoms with Gasteiger partial charge in [-0.15, -0.1) is 0 Å². The number of benzene rings is 10. The molecular weight excluding hydrogens is 739 g/mol. The van der Waals surface area contributed by atoms with Crippen molar-refractivity contribution in [3.05, 3.63) is 237 Å². The third-order valence-electron chi connectivity index (χ3n) is 12.3. The molecule has 0 bridgehead atoms. The van der Waals surface area contributed by atoms with Gasteiger partial charge in [-0.2, -0.15) is 0 Å². The summed E-state index contributed by atoms with van der Waals surface area (Å²) in [6, 6.07) is 85.9. The van der Waals surface area contributed by atoms with Crippen LogP contribution < -0.4 is 4.90 Å². The van der Waals surface area contributed by atoms with Gasteiger partial charge in [-0.1, -0.05) is 152 Å². The molecule has 0 saturated heterocycles. The van der Waals surface area contributed by atoms with Crippen molar-refractivity contribution in [1.29, 1.82) is 0 Å². The lowest BCUT2D eigenvalue weighted by Gasteiger charge is -2.26. The van der Waals surface area contributed by atoms with Gasteiger partial charge in [0.2, 0.25) is 0 Å². The second-order valence-electron chi connectivity index (χ2n) is 15.8. The molecule has 2 heterocycles. The summed E-state index contributed by atoms with van der Waals surface area (Å²) in [5.41, 5.74) is 15.1. The van der Waals surface area contributed by atoms with Crippen molar-refractivity contribution in [3.8, 4) is 33.6 Å². The SMILES string of the molecule is c1ccc(-c2ccc(N(c3ccc(-c4ccc(-n5c6ccccc6c6cc7ccccc7cc65)cc4)cc3)c3ccc4c5ccccc5n(-c5ccccc5)c4c3)cc2)cc1. The van der Waals surface area contributed by atoms with Crippen molar-refractivity contribution in [3.63, 3.8) is 0 Å².